The molecule has 1 fully saturated rings. The number of nitrogens with zero attached hydrogens (tertiary/aromatic N) is 2. The molecule has 1 aromatic heterocycles. The second kappa shape index (κ2) is 13.5. The average molecular weight is 562 g/mol. The maximum Gasteiger partial charge on any atom is 0.311 e. The zero-order chi connectivity index (χ0) is 29.6. The van der Waals surface area contributed by atoms with E-state index in [0.29, 0.717) is 44.3 Å². The van der Waals surface area contributed by atoms with E-state index >= 15 is 0 Å². The maximum absolute atomic E-state index is 13.3. The Morgan fingerprint density at radius 2 is 2.02 bits per heavy atom. The zero-order valence-corrected chi connectivity index (χ0v) is 25.1. The molecule has 0 radical (unpaired) electrons. The molecule has 1 amide bonds. The van der Waals surface area contributed by atoms with E-state index in [1.165, 1.54) is 0 Å². The number of aromatic nitrogens is 2. The molecule has 2 aliphatic carbocycles. The molecule has 0 aromatic carbocycles. The number of nitrogens with one attached hydrogen (secondary N) is 3. The van der Waals surface area contributed by atoms with Gasteiger partial charge in [0.25, 0.3) is 0 Å². The third-order valence-electron chi connectivity index (χ3n) is 8.49. The summed E-state index contributed by atoms with van der Waals surface area (Å²) >= 11 is 0. The van der Waals surface area contributed by atoms with Crippen LogP contribution in [0, 0.1) is 17.3 Å². The summed E-state index contributed by atoms with van der Waals surface area (Å²) in [4.78, 5) is 35.4. The normalized spacial score (nSPS) is 22.4. The third-order valence-corrected chi connectivity index (χ3v) is 8.49. The third kappa shape index (κ3) is 7.47. The minimum atomic E-state index is -0.814. The van der Waals surface area contributed by atoms with E-state index in [0.717, 1.165) is 66.4 Å². The van der Waals surface area contributed by atoms with Gasteiger partial charge < -0.3 is 25.6 Å². The van der Waals surface area contributed by atoms with Gasteiger partial charge in [-0.1, -0.05) is 45.6 Å². The number of fused-ring (bicyclic) bond motifs is 1. The lowest BCUT2D eigenvalue weighted by molar-refractivity contribution is -0.143. The lowest BCUT2D eigenvalue weighted by Gasteiger charge is -2.32. The zero-order valence-electron chi connectivity index (χ0n) is 25.1. The number of aliphatic carboxylic acids is 1. The van der Waals surface area contributed by atoms with Gasteiger partial charge in [-0.3, -0.25) is 9.59 Å². The standard InChI is InChI=1S/C33H47N5O3/c1-6-10-27-26(7-2)36-32(37-27)35-23-15-13-22(14-16-23)21-34-19-20-38-28-12-9-8-11-24(28)25(17-18-29(38)39)30(31(40)41)33(3,4)5/h6-10,12,22-23,30,34H,2,11,13-21H2,1,3-5H3,(H,40,41)(H2,35,36,37). The monoisotopic (exact) mass is 561 g/mol. The number of imidazole rings is 1. The predicted molar refractivity (Wildman–Crippen MR) is 166 cm³/mol. The van der Waals surface area contributed by atoms with Crippen molar-refractivity contribution in [3.63, 3.8) is 0 Å². The van der Waals surface area contributed by atoms with Crippen molar-refractivity contribution in [3.05, 3.63) is 59.1 Å². The summed E-state index contributed by atoms with van der Waals surface area (Å²) in [6, 6.07) is 0.400. The number of carboxylic acid groups (broad SMARTS) is 1. The van der Waals surface area contributed by atoms with Crippen molar-refractivity contribution < 1.29 is 14.7 Å². The summed E-state index contributed by atoms with van der Waals surface area (Å²) in [5, 5.41) is 17.3. The summed E-state index contributed by atoms with van der Waals surface area (Å²) in [5.74, 6) is 0.0483. The summed E-state index contributed by atoms with van der Waals surface area (Å²) in [7, 11) is 0. The number of H-pyrrole nitrogens is 1. The number of allylic oxidation sites excluding steroid dienone is 5. The topological polar surface area (TPSA) is 110 Å². The summed E-state index contributed by atoms with van der Waals surface area (Å²) in [6.45, 7) is 14.0. The number of hydrogen-bond donors (Lipinski definition) is 4. The fourth-order valence-corrected chi connectivity index (χ4v) is 6.49. The van der Waals surface area contributed by atoms with Crippen LogP contribution in [0.15, 0.2) is 47.7 Å². The van der Waals surface area contributed by atoms with Crippen LogP contribution in [0.25, 0.3) is 12.2 Å². The van der Waals surface area contributed by atoms with Gasteiger partial charge in [-0.15, -0.1) is 0 Å². The number of rotatable bonds is 11. The van der Waals surface area contributed by atoms with Gasteiger partial charge >= 0.3 is 5.97 Å². The second-order valence-corrected chi connectivity index (χ2v) is 12.5. The Morgan fingerprint density at radius 1 is 1.27 bits per heavy atom. The van der Waals surface area contributed by atoms with Crippen molar-refractivity contribution in [1.82, 2.24) is 20.2 Å². The van der Waals surface area contributed by atoms with E-state index in [4.69, 9.17) is 0 Å². The van der Waals surface area contributed by atoms with Crippen LogP contribution in [0.1, 0.15) is 84.0 Å². The van der Waals surface area contributed by atoms with Crippen molar-refractivity contribution in [3.8, 4) is 0 Å². The van der Waals surface area contributed by atoms with Crippen molar-refractivity contribution in [2.45, 2.75) is 78.7 Å². The number of anilines is 1. The average Bonchev–Trinajstić information content (AvgIpc) is 3.26. The Labute approximate surface area is 244 Å². The first-order valence-electron chi connectivity index (χ1n) is 15.1. The number of carbonyl (C=O) groups is 2. The first kappa shape index (κ1) is 30.6. The molecule has 1 aliphatic heterocycles. The molecule has 41 heavy (non-hydrogen) atoms. The molecule has 3 aliphatic rings. The molecule has 0 saturated heterocycles. The number of hydrogen-bond acceptors (Lipinski definition) is 5. The van der Waals surface area contributed by atoms with Crippen molar-refractivity contribution in [1.29, 1.82) is 0 Å². The Bertz CT molecular complexity index is 1240. The summed E-state index contributed by atoms with van der Waals surface area (Å²) in [6.07, 6.45) is 17.8. The molecular weight excluding hydrogens is 514 g/mol. The predicted octanol–water partition coefficient (Wildman–Crippen LogP) is 6.16. The molecule has 4 N–H and O–H groups in total. The number of amides is 1. The van der Waals surface area contributed by atoms with Gasteiger partial charge in [0, 0.05) is 31.2 Å². The Hall–Kier alpha value is -3.39. The molecule has 0 bridgehead atoms. The van der Waals surface area contributed by atoms with E-state index in [1.807, 2.05) is 56.9 Å². The minimum Gasteiger partial charge on any atom is -0.481 e. The van der Waals surface area contributed by atoms with Crippen LogP contribution in [0.5, 0.6) is 0 Å². The highest BCUT2D eigenvalue weighted by molar-refractivity contribution is 5.83. The van der Waals surface area contributed by atoms with Crippen LogP contribution >= 0.6 is 0 Å². The van der Waals surface area contributed by atoms with Crippen molar-refractivity contribution >= 4 is 30.0 Å². The quantitative estimate of drug-likeness (QED) is 0.241. The smallest absolute Gasteiger partial charge is 0.311 e. The first-order valence-corrected chi connectivity index (χ1v) is 15.1. The maximum atomic E-state index is 13.3. The second-order valence-electron chi connectivity index (χ2n) is 12.5. The summed E-state index contributed by atoms with van der Waals surface area (Å²) in [5.41, 5.74) is 4.20. The first-order chi connectivity index (χ1) is 19.6. The Balaban J connectivity index is 1.30. The van der Waals surface area contributed by atoms with Gasteiger partial charge in [0.15, 0.2) is 0 Å². The molecule has 8 heteroatoms. The molecular formula is C33H47N5O3. The molecule has 1 aromatic rings. The van der Waals surface area contributed by atoms with Crippen molar-refractivity contribution in [2.24, 2.45) is 17.3 Å². The lowest BCUT2D eigenvalue weighted by Crippen LogP contribution is -2.38. The van der Waals surface area contributed by atoms with Crippen molar-refractivity contribution in [2.75, 3.05) is 25.0 Å². The summed E-state index contributed by atoms with van der Waals surface area (Å²) < 4.78 is 0. The molecule has 1 unspecified atom stereocenters. The Kier molecular flexibility index (Phi) is 10.1. The molecule has 8 nitrogen and oxygen atoms in total. The highest BCUT2D eigenvalue weighted by Gasteiger charge is 2.39. The van der Waals surface area contributed by atoms with Gasteiger partial charge in [-0.25, -0.2) is 4.98 Å². The van der Waals surface area contributed by atoms with Crippen LogP contribution in [-0.4, -0.2) is 57.5 Å². The Morgan fingerprint density at radius 3 is 2.68 bits per heavy atom. The molecule has 0 spiro atoms. The van der Waals surface area contributed by atoms with E-state index in [2.05, 4.69) is 33.3 Å². The fraction of sp³-hybridized carbons (Fsp3) is 0.545. The molecule has 222 valence electrons. The van der Waals surface area contributed by atoms with Crippen LogP contribution in [0.3, 0.4) is 0 Å². The van der Waals surface area contributed by atoms with Gasteiger partial charge in [0.2, 0.25) is 11.9 Å². The molecule has 1 saturated carbocycles. The van der Waals surface area contributed by atoms with E-state index < -0.39 is 17.3 Å². The fourth-order valence-electron chi connectivity index (χ4n) is 6.49. The van der Waals surface area contributed by atoms with Gasteiger partial charge in [0.05, 0.1) is 17.3 Å². The molecule has 1 atom stereocenters. The number of carboxylic acids is 1. The van der Waals surface area contributed by atoms with E-state index in [1.54, 1.807) is 6.08 Å². The molecule has 2 heterocycles. The van der Waals surface area contributed by atoms with Crippen LogP contribution < -0.4 is 10.6 Å². The van der Waals surface area contributed by atoms with Crippen LogP contribution in [0.4, 0.5) is 5.95 Å². The highest BCUT2D eigenvalue weighted by Crippen LogP contribution is 2.42. The number of aromatic amines is 1. The van der Waals surface area contributed by atoms with E-state index in [-0.39, 0.29) is 5.91 Å². The SMILES string of the molecule is C=Cc1nc(NC2CCC(CNCCN3C(=O)CCC(C(C(=O)O)C(C)(C)C)=C4CC=CC=C43)CC2)[nH]c1C=CC. The van der Waals surface area contributed by atoms with Gasteiger partial charge in [-0.2, -0.15) is 0 Å². The minimum absolute atomic E-state index is 0.0700. The molecule has 4 rings (SSSR count). The van der Waals surface area contributed by atoms with E-state index in [9.17, 15) is 14.7 Å². The van der Waals surface area contributed by atoms with Crippen LogP contribution in [0.2, 0.25) is 0 Å². The number of carbonyl (C=O) groups excluding carboxylic acids is 1. The lowest BCUT2D eigenvalue weighted by atomic mass is 9.72. The van der Waals surface area contributed by atoms with Crippen LogP contribution in [-0.2, 0) is 9.59 Å². The van der Waals surface area contributed by atoms with Gasteiger partial charge in [-0.05, 0) is 92.7 Å². The largest absolute Gasteiger partial charge is 0.481 e. The van der Waals surface area contributed by atoms with Gasteiger partial charge in [0.1, 0.15) is 0 Å². The highest BCUT2D eigenvalue weighted by atomic mass is 16.4.